The standard InChI is InChI=1S/C15H19N3O3.C14H17N3O4/c1-2-14(19)17-6-5-10-7-11(3-4-13(10)17)18-9-12(8-16)21-15(18)20;15-6-11-7-17(14(20)21-11)10-1-2-12-9(5-10)3-4-16(12)13(19)8-18/h3-4,7,12H,2,5-6,8-9,16H2,1H3;1-2,5,11,18H,3-4,6-8,15H2/t12-;11-/m00/s1. The number of fused-ring (bicyclic) bond motifs is 2. The van der Waals surface area contributed by atoms with E-state index < -0.39 is 12.7 Å². The Morgan fingerprint density at radius 3 is 1.64 bits per heavy atom. The summed E-state index contributed by atoms with van der Waals surface area (Å²) >= 11 is 0. The van der Waals surface area contributed by atoms with Crippen LogP contribution in [0.5, 0.6) is 0 Å². The van der Waals surface area contributed by atoms with Crippen LogP contribution < -0.4 is 31.1 Å². The van der Waals surface area contributed by atoms with Gasteiger partial charge in [-0.25, -0.2) is 9.59 Å². The van der Waals surface area contributed by atoms with Gasteiger partial charge in [-0.3, -0.25) is 19.4 Å². The average molecular weight is 581 g/mol. The molecule has 2 aromatic carbocycles. The molecule has 0 aliphatic carbocycles. The molecule has 4 amide bonds. The molecule has 13 heteroatoms. The lowest BCUT2D eigenvalue weighted by molar-refractivity contribution is -0.121. The van der Waals surface area contributed by atoms with Crippen LogP contribution in [-0.4, -0.2) is 87.2 Å². The zero-order valence-electron chi connectivity index (χ0n) is 23.5. The van der Waals surface area contributed by atoms with Crippen LogP contribution in [0.25, 0.3) is 0 Å². The van der Waals surface area contributed by atoms with Gasteiger partial charge in [-0.05, 0) is 60.4 Å². The van der Waals surface area contributed by atoms with Crippen molar-refractivity contribution in [3.05, 3.63) is 47.5 Å². The normalized spacial score (nSPS) is 20.7. The first-order valence-electron chi connectivity index (χ1n) is 14.1. The maximum absolute atomic E-state index is 11.9. The summed E-state index contributed by atoms with van der Waals surface area (Å²) in [5.41, 5.74) is 16.4. The number of cyclic esters (lactones) is 2. The number of carbonyl (C=O) groups is 4. The lowest BCUT2D eigenvalue weighted by Gasteiger charge is -2.18. The van der Waals surface area contributed by atoms with Gasteiger partial charge in [-0.1, -0.05) is 6.92 Å². The number of aliphatic hydroxyl groups excluding tert-OH is 1. The summed E-state index contributed by atoms with van der Waals surface area (Å²) < 4.78 is 10.3. The Morgan fingerprint density at radius 1 is 0.810 bits per heavy atom. The van der Waals surface area contributed by atoms with Gasteiger partial charge < -0.3 is 35.8 Å². The Kier molecular flexibility index (Phi) is 8.61. The molecule has 0 unspecified atom stereocenters. The van der Waals surface area contributed by atoms with Crippen molar-refractivity contribution >= 4 is 46.8 Å². The molecular formula is C29H36N6O7. The summed E-state index contributed by atoms with van der Waals surface area (Å²) in [5, 5.41) is 8.97. The van der Waals surface area contributed by atoms with Gasteiger partial charge in [0, 0.05) is 55.3 Å². The minimum atomic E-state index is -0.502. The number of benzene rings is 2. The zero-order valence-corrected chi connectivity index (χ0v) is 23.5. The molecule has 6 rings (SSSR count). The van der Waals surface area contributed by atoms with Gasteiger partial charge in [0.25, 0.3) is 5.91 Å². The van der Waals surface area contributed by atoms with Gasteiger partial charge >= 0.3 is 12.2 Å². The average Bonchev–Trinajstić information content (AvgIpc) is 3.80. The second-order valence-corrected chi connectivity index (χ2v) is 10.4. The highest BCUT2D eigenvalue weighted by Crippen LogP contribution is 2.34. The highest BCUT2D eigenvalue weighted by Gasteiger charge is 2.34. The first-order valence-corrected chi connectivity index (χ1v) is 14.1. The predicted molar refractivity (Wildman–Crippen MR) is 156 cm³/mol. The van der Waals surface area contributed by atoms with Crippen molar-refractivity contribution in [3.63, 3.8) is 0 Å². The number of rotatable bonds is 6. The van der Waals surface area contributed by atoms with Crippen molar-refractivity contribution in [1.82, 2.24) is 0 Å². The topological polar surface area (TPSA) is 172 Å². The van der Waals surface area contributed by atoms with Crippen LogP contribution in [0.2, 0.25) is 0 Å². The number of nitrogens with two attached hydrogens (primary N) is 2. The van der Waals surface area contributed by atoms with E-state index in [4.69, 9.17) is 26.0 Å². The Labute approximate surface area is 243 Å². The fourth-order valence-corrected chi connectivity index (χ4v) is 5.62. The third-order valence-electron chi connectivity index (χ3n) is 7.85. The molecule has 2 atom stereocenters. The molecule has 0 aromatic heterocycles. The molecule has 0 spiro atoms. The fourth-order valence-electron chi connectivity index (χ4n) is 5.62. The summed E-state index contributed by atoms with van der Waals surface area (Å²) in [5.74, 6) is -0.185. The van der Waals surface area contributed by atoms with Gasteiger partial charge in [0.1, 0.15) is 18.8 Å². The zero-order chi connectivity index (χ0) is 30.0. The first kappa shape index (κ1) is 29.3. The van der Waals surface area contributed by atoms with Gasteiger partial charge in [-0.2, -0.15) is 0 Å². The van der Waals surface area contributed by atoms with Crippen LogP contribution in [0.15, 0.2) is 36.4 Å². The fraction of sp³-hybridized carbons (Fsp3) is 0.448. The molecule has 4 aliphatic heterocycles. The smallest absolute Gasteiger partial charge is 0.414 e. The van der Waals surface area contributed by atoms with Crippen molar-refractivity contribution < 1.29 is 33.8 Å². The molecule has 0 saturated carbocycles. The molecule has 4 heterocycles. The Hall–Kier alpha value is -4.20. The van der Waals surface area contributed by atoms with E-state index in [-0.39, 0.29) is 30.1 Å². The molecule has 224 valence electrons. The number of aliphatic hydroxyl groups is 1. The van der Waals surface area contributed by atoms with Crippen molar-refractivity contribution in [2.75, 3.05) is 65.5 Å². The first-order chi connectivity index (χ1) is 20.3. The van der Waals surface area contributed by atoms with Crippen LogP contribution in [0.3, 0.4) is 0 Å². The molecule has 4 aliphatic rings. The Morgan fingerprint density at radius 2 is 1.26 bits per heavy atom. The van der Waals surface area contributed by atoms with Crippen LogP contribution >= 0.6 is 0 Å². The number of amides is 4. The van der Waals surface area contributed by atoms with Gasteiger partial charge in [0.2, 0.25) is 5.91 Å². The molecule has 0 bridgehead atoms. The minimum absolute atomic E-state index is 0.130. The van der Waals surface area contributed by atoms with E-state index in [2.05, 4.69) is 0 Å². The maximum atomic E-state index is 11.9. The molecular weight excluding hydrogens is 544 g/mol. The maximum Gasteiger partial charge on any atom is 0.414 e. The van der Waals surface area contributed by atoms with E-state index in [0.717, 1.165) is 40.3 Å². The number of anilines is 4. The highest BCUT2D eigenvalue weighted by molar-refractivity contribution is 5.98. The summed E-state index contributed by atoms with van der Waals surface area (Å²) in [6, 6.07) is 11.2. The van der Waals surface area contributed by atoms with E-state index in [9.17, 15) is 19.2 Å². The highest BCUT2D eigenvalue weighted by atomic mass is 16.6. The van der Waals surface area contributed by atoms with E-state index >= 15 is 0 Å². The minimum Gasteiger partial charge on any atom is -0.443 e. The van der Waals surface area contributed by atoms with Crippen LogP contribution in [0.4, 0.5) is 32.3 Å². The van der Waals surface area contributed by atoms with E-state index in [1.165, 1.54) is 0 Å². The van der Waals surface area contributed by atoms with Crippen molar-refractivity contribution in [3.8, 4) is 0 Å². The molecule has 2 saturated heterocycles. The number of hydrogen-bond donors (Lipinski definition) is 3. The number of ether oxygens (including phenoxy) is 2. The van der Waals surface area contributed by atoms with Crippen LogP contribution in [0.1, 0.15) is 24.5 Å². The monoisotopic (exact) mass is 580 g/mol. The molecule has 2 aromatic rings. The van der Waals surface area contributed by atoms with Gasteiger partial charge in [0.05, 0.1) is 13.1 Å². The van der Waals surface area contributed by atoms with Crippen molar-refractivity contribution in [1.29, 1.82) is 0 Å². The number of carbonyl (C=O) groups excluding carboxylic acids is 4. The molecule has 13 nitrogen and oxygen atoms in total. The van der Waals surface area contributed by atoms with E-state index in [0.29, 0.717) is 52.1 Å². The summed E-state index contributed by atoms with van der Waals surface area (Å²) in [4.78, 5) is 53.7. The number of nitrogens with zero attached hydrogens (tertiary/aromatic N) is 4. The van der Waals surface area contributed by atoms with Gasteiger partial charge in [0.15, 0.2) is 0 Å². The predicted octanol–water partition coefficient (Wildman–Crippen LogP) is 1.12. The quantitative estimate of drug-likeness (QED) is 0.453. The van der Waals surface area contributed by atoms with E-state index in [1.54, 1.807) is 26.8 Å². The third-order valence-corrected chi connectivity index (χ3v) is 7.85. The Balaban J connectivity index is 0.000000168. The molecule has 0 radical (unpaired) electrons. The summed E-state index contributed by atoms with van der Waals surface area (Å²) in [6.07, 6.45) is 0.743. The van der Waals surface area contributed by atoms with Gasteiger partial charge in [-0.15, -0.1) is 0 Å². The molecule has 2 fully saturated rings. The lowest BCUT2D eigenvalue weighted by atomic mass is 10.1. The molecule has 5 N–H and O–H groups in total. The second kappa shape index (κ2) is 12.3. The molecule has 42 heavy (non-hydrogen) atoms. The Bertz CT molecular complexity index is 1280. The SMILES string of the molecule is CCC(=O)N1CCc2cc(N3C[C@H](CN)OC3=O)ccc21.NC[C@H]1CN(c2ccc3c(c2)CCN3C(=O)CO)C(=O)O1. The number of hydrogen-bond acceptors (Lipinski definition) is 9. The third kappa shape index (κ3) is 5.62. The van der Waals surface area contributed by atoms with Crippen LogP contribution in [-0.2, 0) is 31.9 Å². The van der Waals surface area contributed by atoms with Crippen molar-refractivity contribution in [2.45, 2.75) is 38.4 Å². The largest absolute Gasteiger partial charge is 0.443 e. The van der Waals surface area contributed by atoms with Crippen LogP contribution in [0, 0.1) is 0 Å². The van der Waals surface area contributed by atoms with Crippen molar-refractivity contribution in [2.24, 2.45) is 11.5 Å². The summed E-state index contributed by atoms with van der Waals surface area (Å²) in [7, 11) is 0. The summed E-state index contributed by atoms with van der Waals surface area (Å²) in [6.45, 7) is 4.16. The second-order valence-electron chi connectivity index (χ2n) is 10.4. The van der Waals surface area contributed by atoms with E-state index in [1.807, 2.05) is 36.1 Å². The lowest BCUT2D eigenvalue weighted by Crippen LogP contribution is -2.31.